The summed E-state index contributed by atoms with van der Waals surface area (Å²) in [6.07, 6.45) is 5.21. The van der Waals surface area contributed by atoms with Crippen LogP contribution in [0.4, 0.5) is 17.6 Å². The summed E-state index contributed by atoms with van der Waals surface area (Å²) >= 11 is 0. The van der Waals surface area contributed by atoms with Gasteiger partial charge in [-0.15, -0.1) is 0 Å². The van der Waals surface area contributed by atoms with Crippen molar-refractivity contribution in [2.45, 2.75) is 13.5 Å². The Labute approximate surface area is 121 Å². The van der Waals surface area contributed by atoms with E-state index in [1.54, 1.807) is 30.7 Å². The van der Waals surface area contributed by atoms with Crippen LogP contribution in [0.25, 0.3) is 0 Å². The van der Waals surface area contributed by atoms with Gasteiger partial charge in [-0.25, -0.2) is 4.98 Å². The average Bonchev–Trinajstić information content (AvgIpc) is 2.92. The first-order valence-electron chi connectivity index (χ1n) is 6.46. The number of hydrogen-bond donors (Lipinski definition) is 2. The first-order chi connectivity index (χ1) is 10.3. The molecule has 0 aliphatic rings. The van der Waals surface area contributed by atoms with Crippen LogP contribution in [0.2, 0.25) is 0 Å². The van der Waals surface area contributed by atoms with Gasteiger partial charge in [-0.3, -0.25) is 4.98 Å². The molecule has 0 atom stereocenters. The fourth-order valence-corrected chi connectivity index (χ4v) is 1.75. The third kappa shape index (κ3) is 3.53. The Morgan fingerprint density at radius 3 is 2.90 bits per heavy atom. The second-order valence-corrected chi connectivity index (χ2v) is 4.43. The molecule has 3 aromatic rings. The van der Waals surface area contributed by atoms with Crippen molar-refractivity contribution < 1.29 is 4.52 Å². The van der Waals surface area contributed by atoms with E-state index < -0.39 is 0 Å². The van der Waals surface area contributed by atoms with Crippen LogP contribution in [0.15, 0.2) is 47.4 Å². The van der Waals surface area contributed by atoms with Gasteiger partial charge in [0.05, 0.1) is 0 Å². The molecule has 0 unspecified atom stereocenters. The molecule has 3 rings (SSSR count). The number of aromatic nitrogens is 4. The maximum atomic E-state index is 4.99. The fourth-order valence-electron chi connectivity index (χ4n) is 1.75. The largest absolute Gasteiger partial charge is 0.360 e. The quantitative estimate of drug-likeness (QED) is 0.743. The minimum Gasteiger partial charge on any atom is -0.360 e. The predicted molar refractivity (Wildman–Crippen MR) is 78.1 cm³/mol. The Hall–Kier alpha value is -2.96. The molecule has 0 saturated heterocycles. The van der Waals surface area contributed by atoms with Gasteiger partial charge in [0.1, 0.15) is 11.6 Å². The highest BCUT2D eigenvalue weighted by Gasteiger charge is 2.03. The topological polar surface area (TPSA) is 88.8 Å². The molecule has 21 heavy (non-hydrogen) atoms. The van der Waals surface area contributed by atoms with Crippen LogP contribution in [0.1, 0.15) is 11.3 Å². The smallest absolute Gasteiger partial charge is 0.224 e. The molecule has 0 aliphatic carbocycles. The molecule has 0 aromatic carbocycles. The SMILES string of the molecule is Cc1cc(Nc2ccnc(NCc3cccnc3)n2)no1. The van der Waals surface area contributed by atoms with Gasteiger partial charge < -0.3 is 15.2 Å². The Morgan fingerprint density at radius 1 is 1.19 bits per heavy atom. The molecule has 0 radical (unpaired) electrons. The van der Waals surface area contributed by atoms with Crippen molar-refractivity contribution in [3.8, 4) is 0 Å². The summed E-state index contributed by atoms with van der Waals surface area (Å²) in [5.41, 5.74) is 1.06. The molecule has 3 heterocycles. The second kappa shape index (κ2) is 6.00. The lowest BCUT2D eigenvalue weighted by atomic mass is 10.3. The highest BCUT2D eigenvalue weighted by molar-refractivity contribution is 5.52. The minimum absolute atomic E-state index is 0.532. The third-order valence-electron chi connectivity index (χ3n) is 2.71. The van der Waals surface area contributed by atoms with Gasteiger partial charge >= 0.3 is 0 Å². The van der Waals surface area contributed by atoms with Crippen LogP contribution in [0, 0.1) is 6.92 Å². The summed E-state index contributed by atoms with van der Waals surface area (Å²) in [5, 5.41) is 10.1. The highest BCUT2D eigenvalue weighted by Crippen LogP contribution is 2.15. The van der Waals surface area contributed by atoms with Crippen LogP contribution in [-0.4, -0.2) is 20.1 Å². The van der Waals surface area contributed by atoms with E-state index in [0.717, 1.165) is 11.3 Å². The molecule has 3 aromatic heterocycles. The van der Waals surface area contributed by atoms with Gasteiger partial charge in [-0.05, 0) is 24.6 Å². The van der Waals surface area contributed by atoms with Crippen molar-refractivity contribution in [2.24, 2.45) is 0 Å². The maximum Gasteiger partial charge on any atom is 0.224 e. The van der Waals surface area contributed by atoms with Crippen LogP contribution < -0.4 is 10.6 Å². The molecule has 2 N–H and O–H groups in total. The van der Waals surface area contributed by atoms with Crippen molar-refractivity contribution in [3.63, 3.8) is 0 Å². The highest BCUT2D eigenvalue weighted by atomic mass is 16.5. The lowest BCUT2D eigenvalue weighted by Gasteiger charge is -2.06. The number of pyridine rings is 1. The van der Waals surface area contributed by atoms with Crippen LogP contribution >= 0.6 is 0 Å². The normalized spacial score (nSPS) is 10.3. The summed E-state index contributed by atoms with van der Waals surface area (Å²) in [4.78, 5) is 12.6. The van der Waals surface area contributed by atoms with E-state index in [4.69, 9.17) is 4.52 Å². The molecule has 0 amide bonds. The van der Waals surface area contributed by atoms with Crippen molar-refractivity contribution in [3.05, 3.63) is 54.2 Å². The maximum absolute atomic E-state index is 4.99. The summed E-state index contributed by atoms with van der Waals surface area (Å²) in [7, 11) is 0. The molecule has 7 heteroatoms. The second-order valence-electron chi connectivity index (χ2n) is 4.43. The van der Waals surface area contributed by atoms with Crippen molar-refractivity contribution >= 4 is 17.6 Å². The van der Waals surface area contributed by atoms with Gasteiger partial charge in [-0.2, -0.15) is 4.98 Å². The number of hydrogen-bond acceptors (Lipinski definition) is 7. The predicted octanol–water partition coefficient (Wildman–Crippen LogP) is 2.52. The number of aryl methyl sites for hydroxylation is 1. The number of nitrogens with zero attached hydrogens (tertiary/aromatic N) is 4. The first-order valence-corrected chi connectivity index (χ1v) is 6.46. The van der Waals surface area contributed by atoms with E-state index in [0.29, 0.717) is 24.1 Å². The zero-order chi connectivity index (χ0) is 14.5. The number of nitrogens with one attached hydrogen (secondary N) is 2. The van der Waals surface area contributed by atoms with Crippen LogP contribution in [0.3, 0.4) is 0 Å². The van der Waals surface area contributed by atoms with E-state index in [1.165, 1.54) is 0 Å². The Bertz CT molecular complexity index is 712. The van der Waals surface area contributed by atoms with Crippen molar-refractivity contribution in [1.82, 2.24) is 20.1 Å². The van der Waals surface area contributed by atoms with E-state index in [2.05, 4.69) is 30.7 Å². The van der Waals surface area contributed by atoms with Gasteiger partial charge in [0.2, 0.25) is 5.95 Å². The molecule has 7 nitrogen and oxygen atoms in total. The molecule has 0 saturated carbocycles. The summed E-state index contributed by atoms with van der Waals surface area (Å²) < 4.78 is 4.99. The number of anilines is 3. The zero-order valence-electron chi connectivity index (χ0n) is 11.4. The van der Waals surface area contributed by atoms with E-state index in [1.807, 2.05) is 19.1 Å². The van der Waals surface area contributed by atoms with Gasteiger partial charge in [0, 0.05) is 31.2 Å². The molecule has 0 fully saturated rings. The van der Waals surface area contributed by atoms with Gasteiger partial charge in [0.15, 0.2) is 5.82 Å². The van der Waals surface area contributed by atoms with E-state index >= 15 is 0 Å². The average molecular weight is 282 g/mol. The summed E-state index contributed by atoms with van der Waals surface area (Å²) in [5.74, 6) is 2.53. The fraction of sp³-hybridized carbons (Fsp3) is 0.143. The lowest BCUT2D eigenvalue weighted by molar-refractivity contribution is 0.400. The van der Waals surface area contributed by atoms with Gasteiger partial charge in [0.25, 0.3) is 0 Å². The minimum atomic E-state index is 0.532. The van der Waals surface area contributed by atoms with Crippen LogP contribution in [0.5, 0.6) is 0 Å². The molecular formula is C14H14N6O. The van der Waals surface area contributed by atoms with Gasteiger partial charge in [-0.1, -0.05) is 11.2 Å². The Kier molecular flexibility index (Phi) is 3.72. The van der Waals surface area contributed by atoms with Crippen LogP contribution in [-0.2, 0) is 6.54 Å². The standard InChI is InChI=1S/C14H14N6O/c1-10-7-13(20-21-10)18-12-4-6-16-14(19-12)17-9-11-3-2-5-15-8-11/h2-8H,9H2,1H3,(H2,16,17,18,19,20). The Balaban J connectivity index is 1.65. The van der Waals surface area contributed by atoms with E-state index in [-0.39, 0.29) is 0 Å². The lowest BCUT2D eigenvalue weighted by Crippen LogP contribution is -2.05. The molecule has 0 aliphatic heterocycles. The monoisotopic (exact) mass is 282 g/mol. The Morgan fingerprint density at radius 2 is 2.14 bits per heavy atom. The summed E-state index contributed by atoms with van der Waals surface area (Å²) in [6, 6.07) is 7.44. The zero-order valence-corrected chi connectivity index (χ0v) is 11.4. The first kappa shape index (κ1) is 13.0. The van der Waals surface area contributed by atoms with Crippen molar-refractivity contribution in [2.75, 3.05) is 10.6 Å². The molecule has 106 valence electrons. The van der Waals surface area contributed by atoms with Crippen molar-refractivity contribution in [1.29, 1.82) is 0 Å². The molecular weight excluding hydrogens is 268 g/mol. The molecule has 0 bridgehead atoms. The third-order valence-corrected chi connectivity index (χ3v) is 2.71. The summed E-state index contributed by atoms with van der Waals surface area (Å²) in [6.45, 7) is 2.44. The number of rotatable bonds is 5. The molecule has 0 spiro atoms. The van der Waals surface area contributed by atoms with E-state index in [9.17, 15) is 0 Å².